The molecule has 0 heterocycles. The van der Waals surface area contributed by atoms with Crippen molar-refractivity contribution < 1.29 is 10.2 Å². The second kappa shape index (κ2) is 6.81. The number of hydrogen-bond acceptors (Lipinski definition) is 2. The van der Waals surface area contributed by atoms with E-state index in [0.717, 1.165) is 23.1 Å². The lowest BCUT2D eigenvalue weighted by Crippen LogP contribution is -2.21. The molecule has 3 heteroatoms. The Labute approximate surface area is 135 Å². The van der Waals surface area contributed by atoms with Gasteiger partial charge in [0.05, 0.1) is 6.10 Å². The minimum atomic E-state index is -0.476. The average molecular weight is 316 g/mol. The van der Waals surface area contributed by atoms with Gasteiger partial charge in [-0.05, 0) is 37.2 Å². The van der Waals surface area contributed by atoms with Gasteiger partial charge in [0.25, 0.3) is 0 Å². The molecule has 118 valence electrons. The highest BCUT2D eigenvalue weighted by Gasteiger charge is 2.29. The number of rotatable bonds is 5. The van der Waals surface area contributed by atoms with E-state index in [4.69, 9.17) is 0 Å². The zero-order chi connectivity index (χ0) is 16.3. The van der Waals surface area contributed by atoms with E-state index in [0.29, 0.717) is 14.3 Å². The van der Waals surface area contributed by atoms with Gasteiger partial charge in [0.1, 0.15) is 5.75 Å². The molecule has 3 atom stereocenters. The quantitative estimate of drug-likeness (QED) is 0.804. The number of aromatic hydroxyl groups is 1. The van der Waals surface area contributed by atoms with Crippen molar-refractivity contribution in [3.05, 3.63) is 59.2 Å². The van der Waals surface area contributed by atoms with Gasteiger partial charge in [-0.2, -0.15) is 0 Å². The van der Waals surface area contributed by atoms with Crippen LogP contribution in [0.2, 0.25) is 0 Å². The Bertz CT molecular complexity index is 652. The van der Waals surface area contributed by atoms with E-state index >= 15 is 0 Å². The van der Waals surface area contributed by atoms with Crippen LogP contribution in [0, 0.1) is 6.92 Å². The fourth-order valence-electron chi connectivity index (χ4n) is 2.71. The van der Waals surface area contributed by atoms with Crippen molar-refractivity contribution in [3.8, 4) is 5.75 Å². The van der Waals surface area contributed by atoms with Crippen molar-refractivity contribution in [2.75, 3.05) is 0 Å². The highest BCUT2D eigenvalue weighted by atomic mass is 31.1. The monoisotopic (exact) mass is 316 g/mol. The molecule has 0 saturated heterocycles. The molecule has 2 aromatic carbocycles. The summed E-state index contributed by atoms with van der Waals surface area (Å²) in [5, 5.41) is 21.3. The van der Waals surface area contributed by atoms with Crippen LogP contribution >= 0.6 is 8.58 Å². The van der Waals surface area contributed by atoms with Crippen LogP contribution in [-0.2, 0) is 5.16 Å². The molecule has 2 nitrogen and oxygen atoms in total. The molecule has 2 N–H and O–H groups in total. The number of benzene rings is 2. The lowest BCUT2D eigenvalue weighted by atomic mass is 9.95. The second-order valence-electron chi connectivity index (χ2n) is 6.09. The normalized spacial score (nSPS) is 15.9. The van der Waals surface area contributed by atoms with Crippen molar-refractivity contribution in [2.45, 2.75) is 45.4 Å². The second-order valence-corrected chi connectivity index (χ2v) is 7.99. The molecular weight excluding hydrogens is 291 g/mol. The summed E-state index contributed by atoms with van der Waals surface area (Å²) in [7, 11) is 0.490. The summed E-state index contributed by atoms with van der Waals surface area (Å²) in [5.41, 5.74) is 3.13. The molecule has 0 spiro atoms. The molecule has 0 radical (unpaired) electrons. The topological polar surface area (TPSA) is 40.5 Å². The van der Waals surface area contributed by atoms with Crippen molar-refractivity contribution in [1.29, 1.82) is 0 Å². The first-order valence-corrected chi connectivity index (χ1v) is 8.72. The Kier molecular flexibility index (Phi) is 5.26. The van der Waals surface area contributed by atoms with E-state index in [-0.39, 0.29) is 5.16 Å². The standard InChI is InChI=1S/C19H25O2P/c1-5-19(4,16-12-13(2)10-11-17(16)21)22-18-9-7-6-8-15(18)14(3)20/h6-12,14,20-22H,5H2,1-4H3. The predicted octanol–water partition coefficient (Wildman–Crippen LogP) is 4.38. The van der Waals surface area contributed by atoms with E-state index < -0.39 is 6.10 Å². The lowest BCUT2D eigenvalue weighted by molar-refractivity contribution is 0.200. The van der Waals surface area contributed by atoms with Crippen LogP contribution in [0.25, 0.3) is 0 Å². The average Bonchev–Trinajstić information content (AvgIpc) is 2.50. The summed E-state index contributed by atoms with van der Waals surface area (Å²) in [4.78, 5) is 0. The molecule has 0 fully saturated rings. The minimum Gasteiger partial charge on any atom is -0.508 e. The van der Waals surface area contributed by atoms with Crippen LogP contribution in [0.15, 0.2) is 42.5 Å². The van der Waals surface area contributed by atoms with Crippen molar-refractivity contribution in [1.82, 2.24) is 0 Å². The molecule has 0 amide bonds. The first kappa shape index (κ1) is 17.0. The van der Waals surface area contributed by atoms with Gasteiger partial charge < -0.3 is 10.2 Å². The summed E-state index contributed by atoms with van der Waals surface area (Å²) >= 11 is 0. The summed E-state index contributed by atoms with van der Waals surface area (Å²) in [6.07, 6.45) is 0.451. The number of phenols is 1. The van der Waals surface area contributed by atoms with Gasteiger partial charge in [0.15, 0.2) is 0 Å². The molecule has 0 saturated carbocycles. The number of phenolic OH excluding ortho intramolecular Hbond substituents is 1. The fraction of sp³-hybridized carbons (Fsp3) is 0.368. The van der Waals surface area contributed by atoms with E-state index in [1.165, 1.54) is 5.30 Å². The summed E-state index contributed by atoms with van der Waals surface area (Å²) in [6, 6.07) is 13.8. The molecule has 0 bridgehead atoms. The third-order valence-electron chi connectivity index (χ3n) is 4.28. The zero-order valence-electron chi connectivity index (χ0n) is 13.7. The van der Waals surface area contributed by atoms with Gasteiger partial charge >= 0.3 is 0 Å². The minimum absolute atomic E-state index is 0.138. The SMILES string of the molecule is CCC(C)(Pc1ccccc1C(C)O)c1cc(C)ccc1O. The van der Waals surface area contributed by atoms with Gasteiger partial charge in [-0.25, -0.2) is 0 Å². The summed E-state index contributed by atoms with van der Waals surface area (Å²) in [5.74, 6) is 0.358. The fourth-order valence-corrected chi connectivity index (χ4v) is 4.43. The van der Waals surface area contributed by atoms with Gasteiger partial charge in [-0.1, -0.05) is 64.4 Å². The third-order valence-corrected chi connectivity index (χ3v) is 6.17. The Morgan fingerprint density at radius 1 is 1.18 bits per heavy atom. The van der Waals surface area contributed by atoms with Crippen LogP contribution in [-0.4, -0.2) is 10.2 Å². The Morgan fingerprint density at radius 2 is 1.86 bits per heavy atom. The van der Waals surface area contributed by atoms with E-state index in [2.05, 4.69) is 26.0 Å². The maximum absolute atomic E-state index is 10.3. The molecule has 0 aliphatic rings. The Hall–Kier alpha value is -1.37. The van der Waals surface area contributed by atoms with Crippen LogP contribution in [0.3, 0.4) is 0 Å². The third kappa shape index (κ3) is 3.51. The van der Waals surface area contributed by atoms with E-state index in [9.17, 15) is 10.2 Å². The highest BCUT2D eigenvalue weighted by molar-refractivity contribution is 7.48. The summed E-state index contributed by atoms with van der Waals surface area (Å²) in [6.45, 7) is 8.20. The van der Waals surface area contributed by atoms with E-state index in [1.807, 2.05) is 31.2 Å². The lowest BCUT2D eigenvalue weighted by Gasteiger charge is -2.31. The van der Waals surface area contributed by atoms with Crippen molar-refractivity contribution in [3.63, 3.8) is 0 Å². The smallest absolute Gasteiger partial charge is 0.119 e. The maximum atomic E-state index is 10.3. The van der Waals surface area contributed by atoms with Gasteiger partial charge in [-0.3, -0.25) is 0 Å². The van der Waals surface area contributed by atoms with Gasteiger partial charge in [0, 0.05) is 10.7 Å². The highest BCUT2D eigenvalue weighted by Crippen LogP contribution is 2.47. The summed E-state index contributed by atoms with van der Waals surface area (Å²) < 4.78 is 0. The predicted molar refractivity (Wildman–Crippen MR) is 95.5 cm³/mol. The first-order valence-electron chi connectivity index (χ1n) is 7.72. The molecule has 2 aromatic rings. The maximum Gasteiger partial charge on any atom is 0.119 e. The van der Waals surface area contributed by atoms with Crippen LogP contribution < -0.4 is 5.30 Å². The van der Waals surface area contributed by atoms with Gasteiger partial charge in [0.2, 0.25) is 0 Å². The number of aryl methyl sites for hydroxylation is 1. The number of hydrogen-bond donors (Lipinski definition) is 2. The molecule has 22 heavy (non-hydrogen) atoms. The molecule has 0 aliphatic heterocycles. The Morgan fingerprint density at radius 3 is 2.50 bits per heavy atom. The number of aliphatic hydroxyl groups excluding tert-OH is 1. The van der Waals surface area contributed by atoms with Crippen molar-refractivity contribution >= 4 is 13.9 Å². The van der Waals surface area contributed by atoms with Crippen LogP contribution in [0.4, 0.5) is 0 Å². The molecule has 3 unspecified atom stereocenters. The van der Waals surface area contributed by atoms with Crippen LogP contribution in [0.1, 0.15) is 50.0 Å². The molecule has 0 aromatic heterocycles. The molecule has 0 aliphatic carbocycles. The van der Waals surface area contributed by atoms with Crippen LogP contribution in [0.5, 0.6) is 5.75 Å². The van der Waals surface area contributed by atoms with E-state index in [1.54, 1.807) is 13.0 Å². The molecule has 2 rings (SSSR count). The zero-order valence-corrected chi connectivity index (χ0v) is 14.7. The Balaban J connectivity index is 2.46. The number of aliphatic hydroxyl groups is 1. The molecular formula is C19H25O2P. The first-order chi connectivity index (χ1) is 10.4. The largest absolute Gasteiger partial charge is 0.508 e. The van der Waals surface area contributed by atoms with Crippen molar-refractivity contribution in [2.24, 2.45) is 0 Å². The van der Waals surface area contributed by atoms with Gasteiger partial charge in [-0.15, -0.1) is 0 Å².